The van der Waals surface area contributed by atoms with E-state index in [0.29, 0.717) is 6.54 Å². The highest BCUT2D eigenvalue weighted by atomic mass is 16.6. The standard InChI is InChI=1S/C10H19NO2/c1-10(2,3)13-9(12)7-11-6-8-4-5-8/h8,11H,4-7H2,1-3H3. The Morgan fingerprint density at radius 3 is 2.54 bits per heavy atom. The van der Waals surface area contributed by atoms with E-state index in [9.17, 15) is 4.79 Å². The minimum absolute atomic E-state index is 0.159. The summed E-state index contributed by atoms with van der Waals surface area (Å²) in [4.78, 5) is 11.2. The van der Waals surface area contributed by atoms with Crippen molar-refractivity contribution in [2.75, 3.05) is 13.1 Å². The molecule has 1 aliphatic carbocycles. The fourth-order valence-electron chi connectivity index (χ4n) is 1.08. The second-order valence-electron chi connectivity index (χ2n) is 4.66. The van der Waals surface area contributed by atoms with Crippen molar-refractivity contribution in [3.8, 4) is 0 Å². The third kappa shape index (κ3) is 5.64. The first kappa shape index (κ1) is 10.5. The predicted molar refractivity (Wildman–Crippen MR) is 51.4 cm³/mol. The van der Waals surface area contributed by atoms with Gasteiger partial charge < -0.3 is 10.1 Å². The van der Waals surface area contributed by atoms with Crippen LogP contribution in [0.4, 0.5) is 0 Å². The molecule has 0 unspecified atom stereocenters. The van der Waals surface area contributed by atoms with E-state index in [2.05, 4.69) is 5.32 Å². The Morgan fingerprint density at radius 1 is 1.46 bits per heavy atom. The first-order valence-electron chi connectivity index (χ1n) is 4.90. The minimum atomic E-state index is -0.363. The molecule has 1 fully saturated rings. The highest BCUT2D eigenvalue weighted by molar-refractivity contribution is 5.72. The zero-order valence-corrected chi connectivity index (χ0v) is 8.72. The molecule has 3 heteroatoms. The van der Waals surface area contributed by atoms with Gasteiger partial charge in [0.2, 0.25) is 0 Å². The molecule has 0 aromatic rings. The van der Waals surface area contributed by atoms with E-state index < -0.39 is 0 Å². The fourth-order valence-corrected chi connectivity index (χ4v) is 1.08. The Hall–Kier alpha value is -0.570. The van der Waals surface area contributed by atoms with Crippen molar-refractivity contribution in [3.05, 3.63) is 0 Å². The molecule has 13 heavy (non-hydrogen) atoms. The molecule has 0 atom stereocenters. The number of nitrogens with one attached hydrogen (secondary N) is 1. The van der Waals surface area contributed by atoms with Gasteiger partial charge in [0.15, 0.2) is 0 Å². The number of ether oxygens (including phenoxy) is 1. The van der Waals surface area contributed by atoms with E-state index >= 15 is 0 Å². The van der Waals surface area contributed by atoms with Gasteiger partial charge in [0.1, 0.15) is 5.60 Å². The highest BCUT2D eigenvalue weighted by Crippen LogP contribution is 2.27. The van der Waals surface area contributed by atoms with Crippen LogP contribution in [-0.4, -0.2) is 24.7 Å². The zero-order valence-electron chi connectivity index (χ0n) is 8.72. The van der Waals surface area contributed by atoms with Gasteiger partial charge in [0.25, 0.3) is 0 Å². The summed E-state index contributed by atoms with van der Waals surface area (Å²) in [7, 11) is 0. The average molecular weight is 185 g/mol. The second kappa shape index (κ2) is 4.09. The molecule has 0 aromatic carbocycles. The lowest BCUT2D eigenvalue weighted by Gasteiger charge is -2.19. The van der Waals surface area contributed by atoms with Crippen LogP contribution in [-0.2, 0) is 9.53 Å². The van der Waals surface area contributed by atoms with Crippen LogP contribution in [0.1, 0.15) is 33.6 Å². The third-order valence-corrected chi connectivity index (χ3v) is 1.82. The van der Waals surface area contributed by atoms with E-state index in [1.165, 1.54) is 12.8 Å². The van der Waals surface area contributed by atoms with Crippen LogP contribution in [0.3, 0.4) is 0 Å². The van der Waals surface area contributed by atoms with Gasteiger partial charge in [0, 0.05) is 0 Å². The monoisotopic (exact) mass is 185 g/mol. The summed E-state index contributed by atoms with van der Waals surface area (Å²) in [5.74, 6) is 0.649. The molecule has 0 radical (unpaired) electrons. The molecular weight excluding hydrogens is 166 g/mol. The van der Waals surface area contributed by atoms with Crippen molar-refractivity contribution in [3.63, 3.8) is 0 Å². The van der Waals surface area contributed by atoms with Gasteiger partial charge in [-0.25, -0.2) is 0 Å². The maximum atomic E-state index is 11.2. The number of carbonyl (C=O) groups excluding carboxylic acids is 1. The van der Waals surface area contributed by atoms with E-state index in [4.69, 9.17) is 4.74 Å². The van der Waals surface area contributed by atoms with Crippen LogP contribution in [0.5, 0.6) is 0 Å². The smallest absolute Gasteiger partial charge is 0.320 e. The predicted octanol–water partition coefficient (Wildman–Crippen LogP) is 1.33. The van der Waals surface area contributed by atoms with Crippen molar-refractivity contribution < 1.29 is 9.53 Å². The van der Waals surface area contributed by atoms with Crippen LogP contribution in [0.25, 0.3) is 0 Å². The molecular formula is C10H19NO2. The minimum Gasteiger partial charge on any atom is -0.459 e. The van der Waals surface area contributed by atoms with Gasteiger partial charge in [-0.05, 0) is 46.1 Å². The molecule has 0 aromatic heterocycles. The van der Waals surface area contributed by atoms with Crippen molar-refractivity contribution in [2.24, 2.45) is 5.92 Å². The lowest BCUT2D eigenvalue weighted by Crippen LogP contribution is -2.32. The summed E-state index contributed by atoms with van der Waals surface area (Å²) < 4.78 is 5.14. The maximum Gasteiger partial charge on any atom is 0.320 e. The van der Waals surface area contributed by atoms with Crippen LogP contribution < -0.4 is 5.32 Å². The van der Waals surface area contributed by atoms with E-state index in [0.717, 1.165) is 12.5 Å². The first-order chi connectivity index (χ1) is 5.97. The van der Waals surface area contributed by atoms with Crippen LogP contribution in [0, 0.1) is 5.92 Å². The SMILES string of the molecule is CC(C)(C)OC(=O)CNCC1CC1. The number of hydrogen-bond acceptors (Lipinski definition) is 3. The molecule has 1 saturated carbocycles. The number of rotatable bonds is 4. The molecule has 0 bridgehead atoms. The summed E-state index contributed by atoms with van der Waals surface area (Å²) in [5.41, 5.74) is -0.363. The molecule has 76 valence electrons. The first-order valence-corrected chi connectivity index (χ1v) is 4.90. The molecule has 3 nitrogen and oxygen atoms in total. The fraction of sp³-hybridized carbons (Fsp3) is 0.900. The molecule has 1 N–H and O–H groups in total. The Bertz CT molecular complexity index is 180. The Labute approximate surface area is 79.8 Å². The van der Waals surface area contributed by atoms with Gasteiger partial charge in [-0.1, -0.05) is 0 Å². The summed E-state index contributed by atoms with van der Waals surface area (Å²) in [6.07, 6.45) is 2.61. The molecule has 0 heterocycles. The lowest BCUT2D eigenvalue weighted by atomic mass is 10.2. The van der Waals surface area contributed by atoms with Crippen molar-refractivity contribution >= 4 is 5.97 Å². The van der Waals surface area contributed by atoms with E-state index in [1.807, 2.05) is 20.8 Å². The van der Waals surface area contributed by atoms with Gasteiger partial charge in [-0.3, -0.25) is 4.79 Å². The van der Waals surface area contributed by atoms with E-state index in [1.54, 1.807) is 0 Å². The molecule has 0 amide bonds. The largest absolute Gasteiger partial charge is 0.459 e. The van der Waals surface area contributed by atoms with Gasteiger partial charge >= 0.3 is 5.97 Å². The van der Waals surface area contributed by atoms with Gasteiger partial charge in [0.05, 0.1) is 6.54 Å². The van der Waals surface area contributed by atoms with Crippen molar-refractivity contribution in [1.82, 2.24) is 5.32 Å². The third-order valence-electron chi connectivity index (χ3n) is 1.82. The second-order valence-corrected chi connectivity index (χ2v) is 4.66. The lowest BCUT2D eigenvalue weighted by molar-refractivity contribution is -0.153. The molecule has 0 spiro atoms. The van der Waals surface area contributed by atoms with Crippen LogP contribution in [0.2, 0.25) is 0 Å². The number of esters is 1. The quantitative estimate of drug-likeness (QED) is 0.671. The summed E-state index contributed by atoms with van der Waals surface area (Å²) in [6.45, 7) is 6.94. The van der Waals surface area contributed by atoms with Crippen LogP contribution >= 0.6 is 0 Å². The summed E-state index contributed by atoms with van der Waals surface area (Å²) in [6, 6.07) is 0. The van der Waals surface area contributed by atoms with E-state index in [-0.39, 0.29) is 11.6 Å². The van der Waals surface area contributed by atoms with Gasteiger partial charge in [-0.15, -0.1) is 0 Å². The normalized spacial score (nSPS) is 17.2. The Kier molecular flexibility index (Phi) is 3.31. The molecule has 0 saturated heterocycles. The Balaban J connectivity index is 2.02. The average Bonchev–Trinajstić information content (AvgIpc) is 2.66. The topological polar surface area (TPSA) is 38.3 Å². The van der Waals surface area contributed by atoms with Gasteiger partial charge in [-0.2, -0.15) is 0 Å². The maximum absolute atomic E-state index is 11.2. The highest BCUT2D eigenvalue weighted by Gasteiger charge is 2.21. The molecule has 1 rings (SSSR count). The molecule has 1 aliphatic rings. The van der Waals surface area contributed by atoms with Crippen molar-refractivity contribution in [1.29, 1.82) is 0 Å². The summed E-state index contributed by atoms with van der Waals surface area (Å²) >= 11 is 0. The molecule has 0 aliphatic heterocycles. The number of hydrogen-bond donors (Lipinski definition) is 1. The summed E-state index contributed by atoms with van der Waals surface area (Å²) in [5, 5.41) is 3.10. The van der Waals surface area contributed by atoms with Crippen molar-refractivity contribution in [2.45, 2.75) is 39.2 Å². The zero-order chi connectivity index (χ0) is 9.90. The van der Waals surface area contributed by atoms with Crippen LogP contribution in [0.15, 0.2) is 0 Å². The Morgan fingerprint density at radius 2 is 2.08 bits per heavy atom. The number of carbonyl (C=O) groups is 1.